The van der Waals surface area contributed by atoms with Gasteiger partial charge in [0.05, 0.1) is 0 Å². The van der Waals surface area contributed by atoms with E-state index in [4.69, 9.17) is 16.1 Å². The number of nitrogens with zero attached hydrogens (tertiary/aromatic N) is 2. The van der Waals surface area contributed by atoms with Gasteiger partial charge in [0.1, 0.15) is 0 Å². The molecule has 5 nitrogen and oxygen atoms in total. The van der Waals surface area contributed by atoms with Gasteiger partial charge >= 0.3 is 0 Å². The van der Waals surface area contributed by atoms with E-state index >= 15 is 0 Å². The lowest BCUT2D eigenvalue weighted by Crippen LogP contribution is -2.11. The Hall–Kier alpha value is -2.66. The molecule has 120 valence electrons. The number of carbonyl (C=O) groups excluding carboxylic acids is 1. The highest BCUT2D eigenvalue weighted by atomic mass is 35.5. The number of anilines is 1. The van der Waals surface area contributed by atoms with E-state index in [9.17, 15) is 4.79 Å². The Morgan fingerprint density at radius 2 is 1.96 bits per heavy atom. The monoisotopic (exact) mass is 339 g/mol. The van der Waals surface area contributed by atoms with E-state index in [-0.39, 0.29) is 5.91 Å². The zero-order chi connectivity index (χ0) is 16.5. The molecule has 1 amide bonds. The summed E-state index contributed by atoms with van der Waals surface area (Å²) in [5, 5.41) is 7.39. The van der Waals surface area contributed by atoms with Crippen LogP contribution in [0.2, 0.25) is 5.02 Å². The molecule has 1 aromatic heterocycles. The summed E-state index contributed by atoms with van der Waals surface area (Å²) in [4.78, 5) is 16.7. The molecule has 1 N–H and O–H groups in total. The van der Waals surface area contributed by atoms with Gasteiger partial charge in [0.25, 0.3) is 5.91 Å². The van der Waals surface area contributed by atoms with Crippen LogP contribution in [0.25, 0.3) is 11.4 Å². The first-order valence-corrected chi connectivity index (χ1v) is 8.08. The molecule has 3 aromatic rings. The standard InChI is InChI=1S/C18H14ClN3O2/c19-14-2-1-3-15(10-14)20-17(23)12-6-4-11(5-7-12)16-21-18(24-22-16)13-8-9-13/h1-7,10,13H,8-9H2,(H,20,23). The summed E-state index contributed by atoms with van der Waals surface area (Å²) in [6, 6.07) is 14.1. The van der Waals surface area contributed by atoms with Gasteiger partial charge in [-0.2, -0.15) is 4.98 Å². The quantitative estimate of drug-likeness (QED) is 0.758. The summed E-state index contributed by atoms with van der Waals surface area (Å²) < 4.78 is 5.26. The molecule has 0 radical (unpaired) electrons. The van der Waals surface area contributed by atoms with Crippen LogP contribution in [-0.4, -0.2) is 16.0 Å². The lowest BCUT2D eigenvalue weighted by molar-refractivity contribution is 0.102. The summed E-state index contributed by atoms with van der Waals surface area (Å²) in [5.41, 5.74) is 2.03. The first kappa shape index (κ1) is 14.9. The number of amides is 1. The van der Waals surface area contributed by atoms with Crippen LogP contribution in [0.4, 0.5) is 5.69 Å². The maximum Gasteiger partial charge on any atom is 0.255 e. The number of hydrogen-bond donors (Lipinski definition) is 1. The minimum atomic E-state index is -0.199. The maximum atomic E-state index is 12.3. The van der Waals surface area contributed by atoms with Crippen LogP contribution in [-0.2, 0) is 0 Å². The molecule has 1 heterocycles. The van der Waals surface area contributed by atoms with Crippen molar-refractivity contribution < 1.29 is 9.32 Å². The largest absolute Gasteiger partial charge is 0.339 e. The topological polar surface area (TPSA) is 68.0 Å². The average Bonchev–Trinajstić information content (AvgIpc) is 3.32. The summed E-state index contributed by atoms with van der Waals surface area (Å²) in [5.74, 6) is 1.48. The molecule has 6 heteroatoms. The second-order valence-electron chi connectivity index (χ2n) is 5.77. The Morgan fingerprint density at radius 1 is 1.17 bits per heavy atom. The van der Waals surface area contributed by atoms with Crippen molar-refractivity contribution in [2.24, 2.45) is 0 Å². The molecule has 0 spiro atoms. The lowest BCUT2D eigenvalue weighted by atomic mass is 10.1. The predicted octanol–water partition coefficient (Wildman–Crippen LogP) is 4.52. The molecule has 1 saturated carbocycles. The second kappa shape index (κ2) is 6.09. The van der Waals surface area contributed by atoms with E-state index in [1.54, 1.807) is 36.4 Å². The van der Waals surface area contributed by atoms with Crippen LogP contribution in [0.5, 0.6) is 0 Å². The molecule has 0 atom stereocenters. The van der Waals surface area contributed by atoms with E-state index < -0.39 is 0 Å². The molecule has 24 heavy (non-hydrogen) atoms. The third kappa shape index (κ3) is 3.16. The molecule has 0 saturated heterocycles. The molecule has 4 rings (SSSR count). The summed E-state index contributed by atoms with van der Waals surface area (Å²) in [6.45, 7) is 0. The Bertz CT molecular complexity index is 885. The van der Waals surface area contributed by atoms with Crippen LogP contribution in [0.3, 0.4) is 0 Å². The fourth-order valence-electron chi connectivity index (χ4n) is 2.39. The van der Waals surface area contributed by atoms with Crippen LogP contribution in [0.15, 0.2) is 53.1 Å². The summed E-state index contributed by atoms with van der Waals surface area (Å²) in [6.07, 6.45) is 2.23. The lowest BCUT2D eigenvalue weighted by Gasteiger charge is -2.06. The van der Waals surface area contributed by atoms with Crippen LogP contribution >= 0.6 is 11.6 Å². The van der Waals surface area contributed by atoms with Crippen molar-refractivity contribution in [1.29, 1.82) is 0 Å². The fourth-order valence-corrected chi connectivity index (χ4v) is 2.58. The van der Waals surface area contributed by atoms with Gasteiger partial charge in [-0.15, -0.1) is 0 Å². The highest BCUT2D eigenvalue weighted by molar-refractivity contribution is 6.30. The predicted molar refractivity (Wildman–Crippen MR) is 91.1 cm³/mol. The highest BCUT2D eigenvalue weighted by Gasteiger charge is 2.29. The Balaban J connectivity index is 1.49. The van der Waals surface area contributed by atoms with Gasteiger partial charge in [0.15, 0.2) is 0 Å². The number of aromatic nitrogens is 2. The Labute approximate surface area is 143 Å². The van der Waals surface area contributed by atoms with Crippen molar-refractivity contribution in [3.8, 4) is 11.4 Å². The van der Waals surface area contributed by atoms with Crippen molar-refractivity contribution in [3.63, 3.8) is 0 Å². The number of halogens is 1. The van der Waals surface area contributed by atoms with Gasteiger partial charge in [0, 0.05) is 27.8 Å². The smallest absolute Gasteiger partial charge is 0.255 e. The first-order chi connectivity index (χ1) is 11.7. The number of hydrogen-bond acceptors (Lipinski definition) is 4. The normalized spacial score (nSPS) is 13.7. The Morgan fingerprint density at radius 3 is 2.67 bits per heavy atom. The molecule has 0 aliphatic heterocycles. The van der Waals surface area contributed by atoms with Crippen LogP contribution in [0.1, 0.15) is 35.0 Å². The van der Waals surface area contributed by atoms with Gasteiger partial charge in [-0.3, -0.25) is 4.79 Å². The third-order valence-corrected chi connectivity index (χ3v) is 4.09. The molecule has 1 fully saturated rings. The third-order valence-electron chi connectivity index (χ3n) is 3.86. The van der Waals surface area contributed by atoms with E-state index in [1.807, 2.05) is 12.1 Å². The molecular weight excluding hydrogens is 326 g/mol. The Kier molecular flexibility index (Phi) is 3.78. The highest BCUT2D eigenvalue weighted by Crippen LogP contribution is 2.39. The van der Waals surface area contributed by atoms with Gasteiger partial charge in [0.2, 0.25) is 11.7 Å². The minimum Gasteiger partial charge on any atom is -0.339 e. The molecule has 1 aliphatic rings. The van der Waals surface area contributed by atoms with E-state index in [0.29, 0.717) is 33.9 Å². The second-order valence-corrected chi connectivity index (χ2v) is 6.21. The average molecular weight is 340 g/mol. The van der Waals surface area contributed by atoms with Gasteiger partial charge < -0.3 is 9.84 Å². The molecule has 0 bridgehead atoms. The SMILES string of the molecule is O=C(Nc1cccc(Cl)c1)c1ccc(-c2noc(C3CC3)n2)cc1. The first-order valence-electron chi connectivity index (χ1n) is 7.70. The van der Waals surface area contributed by atoms with Crippen molar-refractivity contribution in [2.75, 3.05) is 5.32 Å². The zero-order valence-corrected chi connectivity index (χ0v) is 13.5. The fraction of sp³-hybridized carbons (Fsp3) is 0.167. The van der Waals surface area contributed by atoms with E-state index in [2.05, 4.69) is 15.5 Å². The molecule has 1 aliphatic carbocycles. The number of nitrogens with one attached hydrogen (secondary N) is 1. The van der Waals surface area contributed by atoms with Crippen molar-refractivity contribution in [1.82, 2.24) is 10.1 Å². The van der Waals surface area contributed by atoms with E-state index in [0.717, 1.165) is 18.4 Å². The van der Waals surface area contributed by atoms with Gasteiger partial charge in [-0.1, -0.05) is 35.0 Å². The van der Waals surface area contributed by atoms with Gasteiger partial charge in [-0.05, 0) is 43.2 Å². The molecule has 2 aromatic carbocycles. The maximum absolute atomic E-state index is 12.3. The number of rotatable bonds is 4. The van der Waals surface area contributed by atoms with Crippen molar-refractivity contribution >= 4 is 23.2 Å². The molecule has 0 unspecified atom stereocenters. The minimum absolute atomic E-state index is 0.199. The van der Waals surface area contributed by atoms with Crippen molar-refractivity contribution in [3.05, 3.63) is 65.0 Å². The van der Waals surface area contributed by atoms with Crippen molar-refractivity contribution in [2.45, 2.75) is 18.8 Å². The van der Waals surface area contributed by atoms with Crippen LogP contribution in [0, 0.1) is 0 Å². The number of carbonyl (C=O) groups is 1. The van der Waals surface area contributed by atoms with E-state index in [1.165, 1.54) is 0 Å². The van der Waals surface area contributed by atoms with Crippen LogP contribution < -0.4 is 5.32 Å². The summed E-state index contributed by atoms with van der Waals surface area (Å²) >= 11 is 5.92. The number of benzene rings is 2. The zero-order valence-electron chi connectivity index (χ0n) is 12.7. The molecular formula is C18H14ClN3O2. The summed E-state index contributed by atoms with van der Waals surface area (Å²) in [7, 11) is 0. The van der Waals surface area contributed by atoms with Gasteiger partial charge in [-0.25, -0.2) is 0 Å².